The third-order valence-corrected chi connectivity index (χ3v) is 2.51. The summed E-state index contributed by atoms with van der Waals surface area (Å²) in [4.78, 5) is 11.2. The van der Waals surface area contributed by atoms with Crippen LogP contribution in [0.3, 0.4) is 0 Å². The predicted octanol–water partition coefficient (Wildman–Crippen LogP) is 1.56. The van der Waals surface area contributed by atoms with Crippen LogP contribution in [-0.4, -0.2) is 44.1 Å². The minimum atomic E-state index is -0.0366. The first-order chi connectivity index (χ1) is 6.89. The van der Waals surface area contributed by atoms with Crippen LogP contribution >= 0.6 is 0 Å². The van der Waals surface area contributed by atoms with E-state index in [0.717, 1.165) is 17.6 Å². The average molecular weight is 213 g/mol. The van der Waals surface area contributed by atoms with Crippen molar-refractivity contribution in [2.24, 2.45) is 0 Å². The van der Waals surface area contributed by atoms with Crippen molar-refractivity contribution >= 4 is 5.91 Å². The second-order valence-electron chi connectivity index (χ2n) is 4.77. The Morgan fingerprint density at radius 2 is 1.93 bits per heavy atom. The Kier molecular flexibility index (Phi) is 6.25. The third-order valence-electron chi connectivity index (χ3n) is 2.51. The van der Waals surface area contributed by atoms with Crippen LogP contribution in [0, 0.1) is 0 Å². The van der Waals surface area contributed by atoms with Crippen molar-refractivity contribution in [3.05, 3.63) is 12.2 Å². The lowest BCUT2D eigenvalue weighted by Gasteiger charge is -2.29. The quantitative estimate of drug-likeness (QED) is 0.504. The largest absolute Gasteiger partial charge is 0.347 e. The molecule has 0 aliphatic carbocycles. The monoisotopic (exact) mass is 213 g/mol. The van der Waals surface area contributed by atoms with E-state index in [1.165, 1.54) is 19.4 Å². The summed E-state index contributed by atoms with van der Waals surface area (Å²) in [6, 6.07) is 0. The van der Waals surface area contributed by atoms with Crippen molar-refractivity contribution in [2.75, 3.05) is 33.7 Å². The lowest BCUT2D eigenvalue weighted by Crippen LogP contribution is -2.46. The first-order valence-electron chi connectivity index (χ1n) is 5.65. The maximum atomic E-state index is 11.2. The van der Waals surface area contributed by atoms with Gasteiger partial charge in [0.25, 0.3) is 0 Å². The zero-order valence-electron chi connectivity index (χ0n) is 10.6. The summed E-state index contributed by atoms with van der Waals surface area (Å²) in [6.07, 6.45) is 2.46. The highest BCUT2D eigenvalue weighted by molar-refractivity contribution is 5.91. The fraction of sp³-hybridized carbons (Fsp3) is 0.750. The second-order valence-corrected chi connectivity index (χ2v) is 4.77. The van der Waals surface area contributed by atoms with Gasteiger partial charge < -0.3 is 9.80 Å². The van der Waals surface area contributed by atoms with Gasteiger partial charge in [-0.2, -0.15) is 0 Å². The molecule has 3 nitrogen and oxygen atoms in total. The van der Waals surface area contributed by atoms with Crippen molar-refractivity contribution in [1.82, 2.24) is 5.32 Å². The van der Waals surface area contributed by atoms with Gasteiger partial charge in [-0.05, 0) is 13.3 Å². The van der Waals surface area contributed by atoms with E-state index in [9.17, 15) is 4.79 Å². The third kappa shape index (κ3) is 7.14. The van der Waals surface area contributed by atoms with Crippen LogP contribution in [0.1, 0.15) is 26.7 Å². The number of nitrogens with one attached hydrogen (secondary N) is 1. The zero-order valence-corrected chi connectivity index (χ0v) is 10.6. The molecule has 0 heterocycles. The molecule has 3 heteroatoms. The van der Waals surface area contributed by atoms with Gasteiger partial charge in [0.2, 0.25) is 5.91 Å². The summed E-state index contributed by atoms with van der Waals surface area (Å²) in [5.41, 5.74) is 0.578. The highest BCUT2D eigenvalue weighted by Gasteiger charge is 2.13. The van der Waals surface area contributed by atoms with Gasteiger partial charge >= 0.3 is 0 Å². The van der Waals surface area contributed by atoms with Crippen molar-refractivity contribution in [1.29, 1.82) is 0 Å². The fourth-order valence-corrected chi connectivity index (χ4v) is 1.32. The number of carbonyl (C=O) groups is 1. The normalized spacial score (nSPS) is 11.2. The molecule has 0 atom stereocenters. The minimum absolute atomic E-state index is 0.0366. The van der Waals surface area contributed by atoms with Gasteiger partial charge in [0, 0.05) is 5.57 Å². The Labute approximate surface area is 93.7 Å². The lowest BCUT2D eigenvalue weighted by molar-refractivity contribution is -0.889. The molecular formula is C12H25N2O+. The van der Waals surface area contributed by atoms with Crippen molar-refractivity contribution in [3.8, 4) is 0 Å². The average Bonchev–Trinajstić information content (AvgIpc) is 2.14. The molecule has 0 aliphatic rings. The number of likely N-dealkylation sites (N-methyl/N-ethyl adjacent to an activating group) is 1. The fourth-order valence-electron chi connectivity index (χ4n) is 1.32. The molecule has 0 saturated heterocycles. The van der Waals surface area contributed by atoms with Crippen LogP contribution in [0.2, 0.25) is 0 Å². The van der Waals surface area contributed by atoms with Gasteiger partial charge in [-0.25, -0.2) is 0 Å². The molecule has 15 heavy (non-hydrogen) atoms. The molecule has 88 valence electrons. The van der Waals surface area contributed by atoms with Gasteiger partial charge in [0.15, 0.2) is 0 Å². The van der Waals surface area contributed by atoms with E-state index < -0.39 is 0 Å². The number of amides is 1. The molecule has 0 spiro atoms. The highest BCUT2D eigenvalue weighted by Crippen LogP contribution is 2.00. The Morgan fingerprint density at radius 3 is 2.40 bits per heavy atom. The zero-order chi connectivity index (χ0) is 11.9. The number of carbonyl (C=O) groups excluding carboxylic acids is 1. The molecule has 0 aliphatic heterocycles. The molecule has 0 radical (unpaired) electrons. The van der Waals surface area contributed by atoms with E-state index in [-0.39, 0.29) is 5.91 Å². The van der Waals surface area contributed by atoms with Gasteiger partial charge in [-0.1, -0.05) is 19.9 Å². The van der Waals surface area contributed by atoms with Gasteiger partial charge in [0.05, 0.1) is 33.7 Å². The van der Waals surface area contributed by atoms with Gasteiger partial charge in [-0.3, -0.25) is 4.79 Å². The number of rotatable bonds is 7. The van der Waals surface area contributed by atoms with Crippen LogP contribution in [0.25, 0.3) is 0 Å². The smallest absolute Gasteiger partial charge is 0.246 e. The van der Waals surface area contributed by atoms with E-state index in [4.69, 9.17) is 0 Å². The molecule has 0 saturated carbocycles. The summed E-state index contributed by atoms with van der Waals surface area (Å²) >= 11 is 0. The Bertz CT molecular complexity index is 222. The van der Waals surface area contributed by atoms with Gasteiger partial charge in [0.1, 0.15) is 0 Å². The molecule has 1 amide bonds. The molecule has 0 aromatic carbocycles. The van der Waals surface area contributed by atoms with Crippen LogP contribution < -0.4 is 5.32 Å². The number of quaternary nitrogens is 1. The Morgan fingerprint density at radius 1 is 1.33 bits per heavy atom. The predicted molar refractivity (Wildman–Crippen MR) is 64.6 cm³/mol. The van der Waals surface area contributed by atoms with E-state index in [1.807, 2.05) is 0 Å². The molecule has 0 aromatic heterocycles. The van der Waals surface area contributed by atoms with Crippen molar-refractivity contribution in [2.45, 2.75) is 26.7 Å². The standard InChI is InChI=1S/C12H24N2O/c1-6-7-9-14(4,5)10-8-13-12(15)11(2)3/h2,6-10H2,1,3-5H3/p+1. The second kappa shape index (κ2) is 6.62. The van der Waals surface area contributed by atoms with Crippen molar-refractivity contribution in [3.63, 3.8) is 0 Å². The van der Waals surface area contributed by atoms with E-state index in [1.54, 1.807) is 6.92 Å². The van der Waals surface area contributed by atoms with Crippen LogP contribution in [0.5, 0.6) is 0 Å². The highest BCUT2D eigenvalue weighted by atomic mass is 16.1. The van der Waals surface area contributed by atoms with Crippen LogP contribution in [-0.2, 0) is 4.79 Å². The summed E-state index contributed by atoms with van der Waals surface area (Å²) in [5, 5.41) is 2.86. The molecule has 0 bridgehead atoms. The lowest BCUT2D eigenvalue weighted by atomic mass is 10.3. The number of hydrogen-bond donors (Lipinski definition) is 1. The SMILES string of the molecule is C=C(C)C(=O)NCC[N+](C)(C)CCCC. The van der Waals surface area contributed by atoms with Gasteiger partial charge in [-0.15, -0.1) is 0 Å². The van der Waals surface area contributed by atoms with Crippen LogP contribution in [0.4, 0.5) is 0 Å². The maximum absolute atomic E-state index is 11.2. The Hall–Kier alpha value is -0.830. The molecular weight excluding hydrogens is 188 g/mol. The summed E-state index contributed by atoms with van der Waals surface area (Å²) < 4.78 is 0.963. The molecule has 0 aromatic rings. The van der Waals surface area contributed by atoms with E-state index >= 15 is 0 Å². The van der Waals surface area contributed by atoms with Crippen LogP contribution in [0.15, 0.2) is 12.2 Å². The summed E-state index contributed by atoms with van der Waals surface area (Å²) in [7, 11) is 4.39. The number of unbranched alkanes of at least 4 members (excludes halogenated alkanes) is 1. The first-order valence-corrected chi connectivity index (χ1v) is 5.65. The molecule has 1 N–H and O–H groups in total. The summed E-state index contributed by atoms with van der Waals surface area (Å²) in [5.74, 6) is -0.0366. The maximum Gasteiger partial charge on any atom is 0.246 e. The van der Waals surface area contributed by atoms with E-state index in [0.29, 0.717) is 5.57 Å². The molecule has 0 fully saturated rings. The summed E-state index contributed by atoms with van der Waals surface area (Å²) in [6.45, 7) is 10.4. The number of hydrogen-bond acceptors (Lipinski definition) is 1. The molecule has 0 rings (SSSR count). The minimum Gasteiger partial charge on any atom is -0.347 e. The topological polar surface area (TPSA) is 29.1 Å². The number of nitrogens with zero attached hydrogens (tertiary/aromatic N) is 1. The molecule has 0 unspecified atom stereocenters. The van der Waals surface area contributed by atoms with Crippen molar-refractivity contribution < 1.29 is 9.28 Å². The Balaban J connectivity index is 3.74. The van der Waals surface area contributed by atoms with E-state index in [2.05, 4.69) is 32.9 Å². The first kappa shape index (κ1) is 14.2.